The minimum absolute atomic E-state index is 0.242. The second-order valence-corrected chi connectivity index (χ2v) is 9.40. The number of aliphatic hydroxyl groups is 1. The number of fused-ring (bicyclic) bond motifs is 1. The van der Waals surface area contributed by atoms with Crippen molar-refractivity contribution in [1.29, 1.82) is 0 Å². The fraction of sp³-hybridized carbons (Fsp3) is 0.360. The van der Waals surface area contributed by atoms with E-state index < -0.39 is 0 Å². The van der Waals surface area contributed by atoms with E-state index in [2.05, 4.69) is 50.4 Å². The number of aromatic nitrogens is 1. The first kappa shape index (κ1) is 22.0. The molecule has 7 nitrogen and oxygen atoms in total. The molecule has 172 valence electrons. The van der Waals surface area contributed by atoms with Gasteiger partial charge in [-0.15, -0.1) is 11.3 Å². The van der Waals surface area contributed by atoms with E-state index in [1.807, 2.05) is 24.4 Å². The molecule has 2 aliphatic heterocycles. The number of hydrogen-bond acceptors (Lipinski definition) is 8. The van der Waals surface area contributed by atoms with Crippen LogP contribution in [-0.2, 0) is 17.9 Å². The lowest BCUT2D eigenvalue weighted by Gasteiger charge is -2.34. The highest BCUT2D eigenvalue weighted by atomic mass is 32.1. The maximum atomic E-state index is 9.07. The van der Waals surface area contributed by atoms with Crippen molar-refractivity contribution in [3.63, 3.8) is 0 Å². The molecule has 0 bridgehead atoms. The Balaban J connectivity index is 1.08. The molecule has 0 amide bonds. The molecule has 3 aromatic rings. The first-order valence-electron chi connectivity index (χ1n) is 11.4. The van der Waals surface area contributed by atoms with Gasteiger partial charge < -0.3 is 15.2 Å². The summed E-state index contributed by atoms with van der Waals surface area (Å²) < 4.78 is 7.06. The Hall–Kier alpha value is -2.78. The molecular formula is C25H29N5O2S. The van der Waals surface area contributed by atoms with Crippen LogP contribution in [0, 0.1) is 0 Å². The molecule has 0 spiro atoms. The van der Waals surface area contributed by atoms with Gasteiger partial charge in [-0.3, -0.25) is 9.80 Å². The number of piperazine rings is 1. The van der Waals surface area contributed by atoms with Crippen molar-refractivity contribution in [2.24, 2.45) is 4.99 Å². The van der Waals surface area contributed by atoms with Crippen LogP contribution in [0.4, 0.5) is 0 Å². The summed E-state index contributed by atoms with van der Waals surface area (Å²) in [7, 11) is 0. The Morgan fingerprint density at radius 3 is 2.45 bits per heavy atom. The van der Waals surface area contributed by atoms with Gasteiger partial charge in [0.25, 0.3) is 6.02 Å². The van der Waals surface area contributed by atoms with Crippen LogP contribution in [0.15, 0.2) is 59.7 Å². The van der Waals surface area contributed by atoms with Gasteiger partial charge in [-0.2, -0.15) is 0 Å². The molecule has 8 heteroatoms. The summed E-state index contributed by atoms with van der Waals surface area (Å²) in [6, 6.07) is 17.3. The molecule has 0 unspecified atom stereocenters. The minimum atomic E-state index is 0.242. The fourth-order valence-corrected chi connectivity index (χ4v) is 5.06. The molecule has 1 saturated heterocycles. The van der Waals surface area contributed by atoms with Crippen LogP contribution in [0.25, 0.3) is 15.8 Å². The number of para-hydroxylation sites is 1. The molecule has 33 heavy (non-hydrogen) atoms. The summed E-state index contributed by atoms with van der Waals surface area (Å²) in [5.74, 6) is 0. The van der Waals surface area contributed by atoms with Gasteiger partial charge in [0.05, 0.1) is 23.4 Å². The van der Waals surface area contributed by atoms with Crippen molar-refractivity contribution in [2.75, 3.05) is 45.9 Å². The van der Waals surface area contributed by atoms with E-state index in [0.717, 1.165) is 60.9 Å². The van der Waals surface area contributed by atoms with E-state index in [0.29, 0.717) is 19.2 Å². The summed E-state index contributed by atoms with van der Waals surface area (Å²) in [5.41, 5.74) is 4.53. The average Bonchev–Trinajstić information content (AvgIpc) is 3.30. The Kier molecular flexibility index (Phi) is 6.97. The van der Waals surface area contributed by atoms with Crippen LogP contribution in [0.1, 0.15) is 16.1 Å². The third kappa shape index (κ3) is 5.59. The van der Waals surface area contributed by atoms with E-state index in [4.69, 9.17) is 14.8 Å². The van der Waals surface area contributed by atoms with E-state index in [1.165, 1.54) is 10.3 Å². The number of aliphatic hydroxyl groups excluding tert-OH is 1. The van der Waals surface area contributed by atoms with Gasteiger partial charge >= 0.3 is 0 Å². The van der Waals surface area contributed by atoms with Gasteiger partial charge in [-0.05, 0) is 23.3 Å². The van der Waals surface area contributed by atoms with E-state index >= 15 is 0 Å². The zero-order chi connectivity index (χ0) is 22.5. The predicted octanol–water partition coefficient (Wildman–Crippen LogP) is 2.92. The van der Waals surface area contributed by atoms with Crippen LogP contribution >= 0.6 is 11.3 Å². The summed E-state index contributed by atoms with van der Waals surface area (Å²) >= 11 is 1.69. The summed E-state index contributed by atoms with van der Waals surface area (Å²) in [5, 5.41) is 13.2. The molecule has 1 aromatic heterocycles. The molecule has 0 aliphatic carbocycles. The normalized spacial score (nSPS) is 17.5. The molecule has 5 rings (SSSR count). The third-order valence-corrected chi connectivity index (χ3v) is 7.13. The average molecular weight is 464 g/mol. The molecule has 0 radical (unpaired) electrons. The van der Waals surface area contributed by atoms with E-state index in [1.54, 1.807) is 11.3 Å². The van der Waals surface area contributed by atoms with Gasteiger partial charge in [-0.1, -0.05) is 36.4 Å². The summed E-state index contributed by atoms with van der Waals surface area (Å²) in [6.45, 7) is 7.16. The van der Waals surface area contributed by atoms with Crippen molar-refractivity contribution in [3.8, 4) is 0 Å². The lowest BCUT2D eigenvalue weighted by molar-refractivity contribution is 0.108. The maximum Gasteiger partial charge on any atom is 0.289 e. The Morgan fingerprint density at radius 2 is 1.73 bits per heavy atom. The van der Waals surface area contributed by atoms with Crippen molar-refractivity contribution < 1.29 is 9.84 Å². The molecule has 2 N–H and O–H groups in total. The summed E-state index contributed by atoms with van der Waals surface area (Å²) in [4.78, 5) is 14.0. The number of amidine groups is 1. The Bertz CT molecular complexity index is 1100. The summed E-state index contributed by atoms with van der Waals surface area (Å²) in [6.07, 6.45) is 1.95. The SMILES string of the molecule is OCCN1CCN(Cc2ccc(COC3=NCC(c4nc5ccccc5s4)=CN3)cc2)CC1. The number of nitrogens with one attached hydrogen (secondary N) is 1. The minimum Gasteiger partial charge on any atom is -0.460 e. The van der Waals surface area contributed by atoms with Gasteiger partial charge in [-0.25, -0.2) is 9.98 Å². The number of rotatable bonds is 7. The highest BCUT2D eigenvalue weighted by Gasteiger charge is 2.16. The Labute approximate surface area is 198 Å². The topological polar surface area (TPSA) is 73.2 Å². The molecule has 1 fully saturated rings. The molecule has 0 saturated carbocycles. The monoisotopic (exact) mass is 463 g/mol. The van der Waals surface area contributed by atoms with Gasteiger partial charge in [0.2, 0.25) is 0 Å². The second-order valence-electron chi connectivity index (χ2n) is 8.37. The second kappa shape index (κ2) is 10.4. The lowest BCUT2D eigenvalue weighted by atomic mass is 10.1. The zero-order valence-electron chi connectivity index (χ0n) is 18.6. The number of ether oxygens (including phenoxy) is 1. The van der Waals surface area contributed by atoms with Gasteiger partial charge in [0, 0.05) is 51.0 Å². The fourth-order valence-electron chi connectivity index (χ4n) is 4.09. The van der Waals surface area contributed by atoms with Crippen molar-refractivity contribution >= 4 is 33.1 Å². The largest absolute Gasteiger partial charge is 0.460 e. The quantitative estimate of drug-likeness (QED) is 0.561. The van der Waals surface area contributed by atoms with E-state index in [-0.39, 0.29) is 6.61 Å². The number of aliphatic imine (C=N–C) groups is 1. The van der Waals surface area contributed by atoms with Gasteiger partial charge in [0.1, 0.15) is 11.6 Å². The maximum absolute atomic E-state index is 9.07. The lowest BCUT2D eigenvalue weighted by Crippen LogP contribution is -2.46. The van der Waals surface area contributed by atoms with Crippen LogP contribution < -0.4 is 5.32 Å². The molecule has 2 aliphatic rings. The number of nitrogens with zero attached hydrogens (tertiary/aromatic N) is 4. The number of thiazole rings is 1. The zero-order valence-corrected chi connectivity index (χ0v) is 19.4. The predicted molar refractivity (Wildman–Crippen MR) is 133 cm³/mol. The molecule has 3 heterocycles. The first-order chi connectivity index (χ1) is 16.3. The van der Waals surface area contributed by atoms with E-state index in [9.17, 15) is 0 Å². The number of β-amino-alcohol motifs (C(OH)–C–C–N with tert-alkyl or cyclic N) is 1. The Morgan fingerprint density at radius 1 is 0.970 bits per heavy atom. The molecule has 2 aromatic carbocycles. The standard InChI is InChI=1S/C25H29N5O2S/c31-14-13-29-9-11-30(12-10-29)17-19-5-7-20(8-6-19)18-32-25-26-15-21(16-27-25)24-28-22-3-1-2-4-23(22)33-24/h1-8,15,31H,9-14,16-18H2,(H,26,27). The van der Waals surface area contributed by atoms with Gasteiger partial charge in [0.15, 0.2) is 0 Å². The van der Waals surface area contributed by atoms with Crippen LogP contribution in [0.3, 0.4) is 0 Å². The molecule has 0 atom stereocenters. The van der Waals surface area contributed by atoms with Crippen LogP contribution in [-0.4, -0.2) is 71.8 Å². The van der Waals surface area contributed by atoms with Crippen LogP contribution in [0.2, 0.25) is 0 Å². The number of benzene rings is 2. The highest BCUT2D eigenvalue weighted by Crippen LogP contribution is 2.27. The molecular weight excluding hydrogens is 434 g/mol. The highest BCUT2D eigenvalue weighted by molar-refractivity contribution is 7.19. The number of hydrogen-bond donors (Lipinski definition) is 2. The van der Waals surface area contributed by atoms with Crippen LogP contribution in [0.5, 0.6) is 0 Å². The van der Waals surface area contributed by atoms with Crippen molar-refractivity contribution in [2.45, 2.75) is 13.2 Å². The third-order valence-electron chi connectivity index (χ3n) is 6.02. The smallest absolute Gasteiger partial charge is 0.289 e. The first-order valence-corrected chi connectivity index (χ1v) is 12.2. The van der Waals surface area contributed by atoms with Crippen molar-refractivity contribution in [3.05, 3.63) is 70.9 Å². The van der Waals surface area contributed by atoms with Crippen molar-refractivity contribution in [1.82, 2.24) is 20.1 Å².